The van der Waals surface area contributed by atoms with Crippen LogP contribution in [-0.2, 0) is 11.3 Å². The van der Waals surface area contributed by atoms with Crippen LogP contribution in [-0.4, -0.2) is 32.0 Å². The number of amides is 1. The summed E-state index contributed by atoms with van der Waals surface area (Å²) in [5.41, 5.74) is 2.59. The normalized spacial score (nSPS) is 11.0. The van der Waals surface area contributed by atoms with Gasteiger partial charge in [-0.15, -0.1) is 0 Å². The van der Waals surface area contributed by atoms with Crippen LogP contribution < -0.4 is 4.90 Å². The number of nitrogens with zero attached hydrogens (tertiary/aromatic N) is 3. The third-order valence-electron chi connectivity index (χ3n) is 5.03. The molecule has 0 aliphatic heterocycles. The van der Waals surface area contributed by atoms with Crippen LogP contribution in [0, 0.1) is 0 Å². The second-order valence-corrected chi connectivity index (χ2v) is 9.21. The fourth-order valence-corrected chi connectivity index (χ4v) is 4.15. The molecule has 0 saturated carbocycles. The number of aromatic carboxylic acids is 1. The lowest BCUT2D eigenvalue weighted by atomic mass is 10.1. The second-order valence-electron chi connectivity index (χ2n) is 7.30. The highest BCUT2D eigenvalue weighted by Gasteiger charge is 2.24. The van der Waals surface area contributed by atoms with Crippen molar-refractivity contribution >= 4 is 64.0 Å². The van der Waals surface area contributed by atoms with E-state index in [1.54, 1.807) is 48.5 Å². The van der Waals surface area contributed by atoms with E-state index >= 15 is 0 Å². The van der Waals surface area contributed by atoms with Gasteiger partial charge in [0.15, 0.2) is 10.6 Å². The zero-order valence-electron chi connectivity index (χ0n) is 17.7. The summed E-state index contributed by atoms with van der Waals surface area (Å²) in [6, 6.07) is 16.1. The summed E-state index contributed by atoms with van der Waals surface area (Å²) >= 11 is 24.3. The Balaban J connectivity index is 1.67. The number of carbonyl (C=O) groups is 2. The molecule has 0 atom stereocenters. The Kier molecular flexibility index (Phi) is 7.62. The summed E-state index contributed by atoms with van der Waals surface area (Å²) in [7, 11) is 0. The summed E-state index contributed by atoms with van der Waals surface area (Å²) in [5, 5.41) is 14.0. The average Bonchev–Trinajstić information content (AvgIpc) is 3.32. The van der Waals surface area contributed by atoms with E-state index in [1.165, 1.54) is 23.2 Å². The Morgan fingerprint density at radius 3 is 2.29 bits per heavy atom. The monoisotopic (exact) mass is 549 g/mol. The highest BCUT2D eigenvalue weighted by Crippen LogP contribution is 2.36. The Hall–Kier alpha value is -3.10. The van der Waals surface area contributed by atoms with E-state index in [-0.39, 0.29) is 12.1 Å². The first-order chi connectivity index (χ1) is 16.7. The third kappa shape index (κ3) is 5.60. The Morgan fingerprint density at radius 1 is 0.971 bits per heavy atom. The molecule has 2 heterocycles. The molecule has 0 bridgehead atoms. The first-order valence-corrected chi connectivity index (χ1v) is 11.7. The third-order valence-corrected chi connectivity index (χ3v) is 6.03. The standard InChI is InChI=1S/C24H15Cl4N3O4/c25-16-2-1-3-17(26)21(16)19-11-20(35-30-19)18-10-15(8-9-29-18)31(23(32)22(27)28)12-13-4-6-14(7-5-13)24(33)34/h1-11,22H,12H2,(H,33,34). The van der Waals surface area contributed by atoms with Crippen LogP contribution in [0.2, 0.25) is 10.0 Å². The lowest BCUT2D eigenvalue weighted by Gasteiger charge is -2.24. The summed E-state index contributed by atoms with van der Waals surface area (Å²) in [4.78, 5) is 28.3. The maximum Gasteiger partial charge on any atom is 0.335 e. The van der Waals surface area contributed by atoms with Crippen LogP contribution in [0.5, 0.6) is 0 Å². The fraction of sp³-hybridized carbons (Fsp3) is 0.0833. The van der Waals surface area contributed by atoms with Crippen molar-refractivity contribution in [1.82, 2.24) is 10.1 Å². The summed E-state index contributed by atoms with van der Waals surface area (Å²) in [6.07, 6.45) is 1.50. The Labute approximate surface area is 219 Å². The van der Waals surface area contributed by atoms with Gasteiger partial charge in [-0.2, -0.15) is 0 Å². The second kappa shape index (κ2) is 10.7. The van der Waals surface area contributed by atoms with Gasteiger partial charge in [0.1, 0.15) is 11.4 Å². The maximum atomic E-state index is 12.8. The molecule has 0 spiro atoms. The fourth-order valence-electron chi connectivity index (χ4n) is 3.33. The smallest absolute Gasteiger partial charge is 0.335 e. The minimum Gasteiger partial charge on any atom is -0.478 e. The predicted octanol–water partition coefficient (Wildman–Crippen LogP) is 6.75. The van der Waals surface area contributed by atoms with E-state index in [0.717, 1.165) is 0 Å². The predicted molar refractivity (Wildman–Crippen MR) is 135 cm³/mol. The first-order valence-electron chi connectivity index (χ1n) is 10.0. The van der Waals surface area contributed by atoms with Crippen molar-refractivity contribution in [3.05, 3.63) is 88.0 Å². The Morgan fingerprint density at radius 2 is 1.66 bits per heavy atom. The van der Waals surface area contributed by atoms with Gasteiger partial charge in [-0.3, -0.25) is 9.78 Å². The molecule has 2 aromatic carbocycles. The zero-order valence-corrected chi connectivity index (χ0v) is 20.7. The number of rotatable bonds is 7. The molecule has 0 saturated heterocycles. The number of halogens is 4. The number of benzene rings is 2. The van der Waals surface area contributed by atoms with Crippen molar-refractivity contribution in [2.75, 3.05) is 4.90 Å². The highest BCUT2D eigenvalue weighted by molar-refractivity contribution is 6.54. The largest absolute Gasteiger partial charge is 0.478 e. The van der Waals surface area contributed by atoms with Crippen LogP contribution in [0.4, 0.5) is 5.69 Å². The first kappa shape index (κ1) is 25.0. The van der Waals surface area contributed by atoms with Crippen LogP contribution in [0.1, 0.15) is 15.9 Å². The Bertz CT molecular complexity index is 1370. The van der Waals surface area contributed by atoms with Gasteiger partial charge in [-0.05, 0) is 42.0 Å². The molecular weight excluding hydrogens is 536 g/mol. The number of anilines is 1. The molecule has 4 aromatic rings. The molecule has 178 valence electrons. The van der Waals surface area contributed by atoms with Crippen LogP contribution in [0.3, 0.4) is 0 Å². The van der Waals surface area contributed by atoms with Crippen molar-refractivity contribution in [3.8, 4) is 22.7 Å². The van der Waals surface area contributed by atoms with Gasteiger partial charge in [0.05, 0.1) is 22.2 Å². The van der Waals surface area contributed by atoms with E-state index in [0.29, 0.717) is 44.0 Å². The SMILES string of the molecule is O=C(O)c1ccc(CN(C(=O)C(Cl)Cl)c2ccnc(-c3cc(-c4c(Cl)cccc4Cl)no3)c2)cc1. The molecule has 0 unspecified atom stereocenters. The molecule has 1 N–H and O–H groups in total. The quantitative estimate of drug-likeness (QED) is 0.256. The topological polar surface area (TPSA) is 96.5 Å². The van der Waals surface area contributed by atoms with Gasteiger partial charge in [0, 0.05) is 23.5 Å². The molecule has 1 amide bonds. The van der Waals surface area contributed by atoms with Crippen molar-refractivity contribution < 1.29 is 19.2 Å². The number of hydrogen-bond donors (Lipinski definition) is 1. The minimum absolute atomic E-state index is 0.0923. The minimum atomic E-state index is -1.32. The lowest BCUT2D eigenvalue weighted by Crippen LogP contribution is -2.34. The number of carboxylic acid groups (broad SMARTS) is 1. The van der Waals surface area contributed by atoms with Gasteiger partial charge >= 0.3 is 5.97 Å². The molecule has 11 heteroatoms. The van der Waals surface area contributed by atoms with Gasteiger partial charge in [-0.1, -0.05) is 69.8 Å². The molecule has 0 aliphatic carbocycles. The van der Waals surface area contributed by atoms with Crippen molar-refractivity contribution in [2.45, 2.75) is 11.4 Å². The number of aromatic nitrogens is 2. The number of carbonyl (C=O) groups excluding carboxylic acids is 1. The number of pyridine rings is 1. The number of alkyl halides is 2. The molecular formula is C24H15Cl4N3O4. The van der Waals surface area contributed by atoms with Crippen LogP contribution >= 0.6 is 46.4 Å². The molecule has 0 fully saturated rings. The molecule has 2 aromatic heterocycles. The zero-order chi connectivity index (χ0) is 25.1. The summed E-state index contributed by atoms with van der Waals surface area (Å²) < 4.78 is 5.47. The highest BCUT2D eigenvalue weighted by atomic mass is 35.5. The van der Waals surface area contributed by atoms with E-state index < -0.39 is 16.7 Å². The number of hydrogen-bond acceptors (Lipinski definition) is 5. The van der Waals surface area contributed by atoms with E-state index in [4.69, 9.17) is 56.0 Å². The molecule has 7 nitrogen and oxygen atoms in total. The molecule has 4 rings (SSSR count). The summed E-state index contributed by atoms with van der Waals surface area (Å²) in [5.74, 6) is -1.28. The van der Waals surface area contributed by atoms with Gasteiger partial charge in [-0.25, -0.2) is 4.79 Å². The number of carboxylic acids is 1. The van der Waals surface area contributed by atoms with E-state index in [1.807, 2.05) is 0 Å². The lowest BCUT2D eigenvalue weighted by molar-refractivity contribution is -0.117. The van der Waals surface area contributed by atoms with E-state index in [9.17, 15) is 9.59 Å². The van der Waals surface area contributed by atoms with Gasteiger partial charge in [0.2, 0.25) is 0 Å². The van der Waals surface area contributed by atoms with Gasteiger partial charge in [0.25, 0.3) is 5.91 Å². The average molecular weight is 551 g/mol. The van der Waals surface area contributed by atoms with Crippen LogP contribution in [0.25, 0.3) is 22.7 Å². The molecule has 0 radical (unpaired) electrons. The van der Waals surface area contributed by atoms with Gasteiger partial charge < -0.3 is 14.5 Å². The van der Waals surface area contributed by atoms with Crippen molar-refractivity contribution in [3.63, 3.8) is 0 Å². The summed E-state index contributed by atoms with van der Waals surface area (Å²) in [6.45, 7) is 0.0923. The van der Waals surface area contributed by atoms with E-state index in [2.05, 4.69) is 10.1 Å². The molecule has 0 aliphatic rings. The van der Waals surface area contributed by atoms with Crippen LogP contribution in [0.15, 0.2) is 71.4 Å². The van der Waals surface area contributed by atoms with Crippen molar-refractivity contribution in [2.24, 2.45) is 0 Å². The molecule has 35 heavy (non-hydrogen) atoms. The maximum absolute atomic E-state index is 12.8. The van der Waals surface area contributed by atoms with Crippen molar-refractivity contribution in [1.29, 1.82) is 0 Å².